The highest BCUT2D eigenvalue weighted by molar-refractivity contribution is 7.47. The van der Waals surface area contributed by atoms with Gasteiger partial charge in [0.15, 0.2) is 0 Å². The Morgan fingerprint density at radius 2 is 0.821 bits per heavy atom. The second-order valence-electron chi connectivity index (χ2n) is 20.8. The first-order chi connectivity index (χ1) is 26.4. The first kappa shape index (κ1) is 54.0. The number of nitrogens with zero attached hydrogens (tertiary/aromatic N) is 1. The summed E-state index contributed by atoms with van der Waals surface area (Å²) in [5, 5.41) is 0. The lowest BCUT2D eigenvalue weighted by molar-refractivity contribution is -0.870. The Morgan fingerprint density at radius 3 is 1.18 bits per heavy atom. The monoisotopic (exact) mass is 817 g/mol. The highest BCUT2D eigenvalue weighted by Crippen LogP contribution is 2.43. The van der Waals surface area contributed by atoms with E-state index in [0.29, 0.717) is 42.7 Å². The van der Waals surface area contributed by atoms with Gasteiger partial charge in [-0.1, -0.05) is 184 Å². The summed E-state index contributed by atoms with van der Waals surface area (Å²) in [4.78, 5) is 10.3. The van der Waals surface area contributed by atoms with E-state index in [0.717, 1.165) is 48.3 Å². The van der Waals surface area contributed by atoms with Crippen molar-refractivity contribution >= 4 is 7.82 Å². The average molecular weight is 817 g/mol. The number of ether oxygens (including phenoxy) is 2. The van der Waals surface area contributed by atoms with E-state index < -0.39 is 13.9 Å². The predicted octanol–water partition coefficient (Wildman–Crippen LogP) is 13.9. The van der Waals surface area contributed by atoms with Gasteiger partial charge in [-0.25, -0.2) is 4.57 Å². The van der Waals surface area contributed by atoms with E-state index in [4.69, 9.17) is 18.5 Å². The average Bonchev–Trinajstić information content (AvgIpc) is 3.10. The summed E-state index contributed by atoms with van der Waals surface area (Å²) in [6.45, 7) is 21.9. The van der Waals surface area contributed by atoms with E-state index >= 15 is 0 Å². The maximum atomic E-state index is 12.6. The lowest BCUT2D eigenvalue weighted by Gasteiger charge is -2.24. The number of hydrogen-bond acceptors (Lipinski definition) is 5. The first-order valence-electron chi connectivity index (χ1n) is 24.1. The van der Waals surface area contributed by atoms with Gasteiger partial charge in [-0.05, 0) is 60.2 Å². The molecule has 336 valence electrons. The van der Waals surface area contributed by atoms with Crippen molar-refractivity contribution in [2.45, 2.75) is 203 Å². The molecular formula is C48H99NO6P+. The minimum absolute atomic E-state index is 0.0206. The van der Waals surface area contributed by atoms with E-state index in [9.17, 15) is 9.46 Å². The van der Waals surface area contributed by atoms with E-state index in [2.05, 4.69) is 55.4 Å². The van der Waals surface area contributed by atoms with Crippen LogP contribution in [-0.2, 0) is 23.1 Å². The molecule has 1 fully saturated rings. The van der Waals surface area contributed by atoms with Crippen molar-refractivity contribution in [3.05, 3.63) is 0 Å². The van der Waals surface area contributed by atoms with Gasteiger partial charge in [0, 0.05) is 13.2 Å². The summed E-state index contributed by atoms with van der Waals surface area (Å²) in [5.74, 6) is 6.23. The molecule has 1 heterocycles. The van der Waals surface area contributed by atoms with Gasteiger partial charge in [-0.2, -0.15) is 0 Å². The Bertz CT molecular complexity index is 960. The summed E-state index contributed by atoms with van der Waals surface area (Å²) in [6.07, 6.45) is 28.6. The van der Waals surface area contributed by atoms with Gasteiger partial charge in [0.2, 0.25) is 0 Å². The Hall–Kier alpha value is -0.0100. The van der Waals surface area contributed by atoms with Crippen molar-refractivity contribution in [1.82, 2.24) is 0 Å². The smallest absolute Gasteiger partial charge is 0.379 e. The van der Waals surface area contributed by atoms with Crippen molar-refractivity contribution in [3.63, 3.8) is 0 Å². The molecule has 0 aliphatic carbocycles. The Labute approximate surface area is 350 Å². The quantitative estimate of drug-likeness (QED) is 0.204. The minimum Gasteiger partial charge on any atom is -0.379 e. The Kier molecular flexibility index (Phi) is 30.7. The van der Waals surface area contributed by atoms with Gasteiger partial charge >= 0.3 is 7.82 Å². The maximum Gasteiger partial charge on any atom is 0.472 e. The Morgan fingerprint density at radius 1 is 0.500 bits per heavy atom. The molecule has 10 atom stereocenters. The standard InChI is InChI=1S/C48H98NO6P/c1-40-18-12-20-42(3)24-16-28-46(7)32-35-52-38-48(39-55-56(50,51)54-37-34-49(9,10)11)53-36-33-47(8)29-17-25-43(4)21-13-19-41(2)23-15-27-45(6)31-30-44(5)26-14-22-40/h40-48H,12-39H2,1-11H3/p+1/t40-,41-,42+,43+,44?,45-,46+,47+,48?/m0/s1. The number of rotatable bonds is 7. The zero-order valence-electron chi connectivity index (χ0n) is 39.4. The van der Waals surface area contributed by atoms with Gasteiger partial charge in [0.1, 0.15) is 19.3 Å². The van der Waals surface area contributed by atoms with E-state index in [-0.39, 0.29) is 13.2 Å². The van der Waals surface area contributed by atoms with Crippen molar-refractivity contribution in [2.75, 3.05) is 60.7 Å². The van der Waals surface area contributed by atoms with Crippen molar-refractivity contribution < 1.29 is 32.5 Å². The molecule has 1 aliphatic rings. The summed E-state index contributed by atoms with van der Waals surface area (Å²) < 4.78 is 36.3. The molecule has 0 aromatic heterocycles. The Balaban J connectivity index is 2.68. The third-order valence-electron chi connectivity index (χ3n) is 13.0. The molecule has 3 unspecified atom stereocenters. The number of phosphoric acid groups is 1. The first-order valence-corrected chi connectivity index (χ1v) is 25.5. The summed E-state index contributed by atoms with van der Waals surface area (Å²) in [6, 6.07) is 0. The molecular weight excluding hydrogens is 718 g/mol. The third kappa shape index (κ3) is 32.8. The molecule has 0 saturated carbocycles. The topological polar surface area (TPSA) is 74.2 Å². The fourth-order valence-electron chi connectivity index (χ4n) is 8.34. The van der Waals surface area contributed by atoms with E-state index in [1.165, 1.54) is 128 Å². The number of quaternary nitrogens is 1. The lowest BCUT2D eigenvalue weighted by Crippen LogP contribution is -2.37. The lowest BCUT2D eigenvalue weighted by atomic mass is 9.88. The van der Waals surface area contributed by atoms with Crippen molar-refractivity contribution in [2.24, 2.45) is 47.3 Å². The molecule has 8 heteroatoms. The van der Waals surface area contributed by atoms with Crippen molar-refractivity contribution in [1.29, 1.82) is 0 Å². The number of likely N-dealkylation sites (N-methyl/N-ethyl adjacent to an activating group) is 1. The van der Waals surface area contributed by atoms with Crippen LogP contribution in [0.3, 0.4) is 0 Å². The van der Waals surface area contributed by atoms with E-state index in [1.54, 1.807) is 0 Å². The van der Waals surface area contributed by atoms with Crippen LogP contribution in [0, 0.1) is 47.3 Å². The molecule has 0 spiro atoms. The molecule has 1 saturated heterocycles. The molecule has 0 aromatic rings. The summed E-state index contributed by atoms with van der Waals surface area (Å²) in [5.41, 5.74) is 0. The molecule has 0 aromatic carbocycles. The fourth-order valence-corrected chi connectivity index (χ4v) is 9.08. The van der Waals surface area contributed by atoms with Gasteiger partial charge in [-0.3, -0.25) is 9.05 Å². The van der Waals surface area contributed by atoms with Crippen LogP contribution >= 0.6 is 7.82 Å². The molecule has 0 radical (unpaired) electrons. The predicted molar refractivity (Wildman–Crippen MR) is 240 cm³/mol. The number of phosphoric ester groups is 1. The van der Waals surface area contributed by atoms with Crippen LogP contribution in [0.25, 0.3) is 0 Å². The van der Waals surface area contributed by atoms with Gasteiger partial charge < -0.3 is 18.9 Å². The van der Waals surface area contributed by atoms with Gasteiger partial charge in [0.05, 0.1) is 34.4 Å². The van der Waals surface area contributed by atoms with Gasteiger partial charge in [-0.15, -0.1) is 0 Å². The van der Waals surface area contributed by atoms with Crippen LogP contribution in [0.15, 0.2) is 0 Å². The zero-order chi connectivity index (χ0) is 41.8. The highest BCUT2D eigenvalue weighted by atomic mass is 31.2. The van der Waals surface area contributed by atoms with Crippen LogP contribution in [0.5, 0.6) is 0 Å². The third-order valence-corrected chi connectivity index (χ3v) is 14.0. The molecule has 0 bridgehead atoms. The van der Waals surface area contributed by atoms with E-state index in [1.807, 2.05) is 21.1 Å². The molecule has 56 heavy (non-hydrogen) atoms. The molecule has 1 N–H and O–H groups in total. The largest absolute Gasteiger partial charge is 0.472 e. The van der Waals surface area contributed by atoms with Crippen LogP contribution in [0.2, 0.25) is 0 Å². The SMILES string of the molecule is CC1CCC[C@@H](C)CCC[C@@H](C)CCC[C@@H](C)CCOCC(COP(=O)(O)OCC[N+](C)(C)C)OCC[C@H](C)CCC[C@H](C)CCC[C@H](C)CCC[C@H](C)CC1. The van der Waals surface area contributed by atoms with Crippen molar-refractivity contribution in [3.8, 4) is 0 Å². The molecule has 0 amide bonds. The molecule has 1 aliphatic heterocycles. The summed E-state index contributed by atoms with van der Waals surface area (Å²) in [7, 11) is 1.90. The van der Waals surface area contributed by atoms with Crippen LogP contribution in [0.4, 0.5) is 0 Å². The highest BCUT2D eigenvalue weighted by Gasteiger charge is 2.25. The second kappa shape index (κ2) is 31.8. The normalized spacial score (nSPS) is 33.2. The number of hydrogen-bond donors (Lipinski definition) is 1. The van der Waals surface area contributed by atoms with Gasteiger partial charge in [0.25, 0.3) is 0 Å². The van der Waals surface area contributed by atoms with Crippen LogP contribution in [-0.4, -0.2) is 76.2 Å². The minimum atomic E-state index is -4.17. The summed E-state index contributed by atoms with van der Waals surface area (Å²) >= 11 is 0. The fraction of sp³-hybridized carbons (Fsp3) is 1.00. The van der Waals surface area contributed by atoms with Crippen LogP contribution in [0.1, 0.15) is 197 Å². The maximum absolute atomic E-state index is 12.6. The molecule has 1 rings (SSSR count). The molecule has 7 nitrogen and oxygen atoms in total. The van der Waals surface area contributed by atoms with Crippen LogP contribution < -0.4 is 0 Å². The zero-order valence-corrected chi connectivity index (χ0v) is 40.3. The second-order valence-corrected chi connectivity index (χ2v) is 22.2.